The lowest BCUT2D eigenvalue weighted by Gasteiger charge is -2.13. The molecule has 0 atom stereocenters. The van der Waals surface area contributed by atoms with Gasteiger partial charge in [-0.05, 0) is 13.3 Å². The van der Waals surface area contributed by atoms with Crippen LogP contribution in [0.25, 0.3) is 0 Å². The van der Waals surface area contributed by atoms with Crippen LogP contribution in [0.3, 0.4) is 0 Å². The molecule has 0 aromatic carbocycles. The molecule has 7 heteroatoms. The van der Waals surface area contributed by atoms with E-state index in [1.165, 1.54) is 0 Å². The highest BCUT2D eigenvalue weighted by Gasteiger charge is 2.09. The van der Waals surface area contributed by atoms with Gasteiger partial charge in [0.1, 0.15) is 24.3 Å². The summed E-state index contributed by atoms with van der Waals surface area (Å²) in [6.45, 7) is 5.57. The summed E-state index contributed by atoms with van der Waals surface area (Å²) in [6.07, 6.45) is 4.11. The summed E-state index contributed by atoms with van der Waals surface area (Å²) in [5, 5.41) is 14.4. The predicted molar refractivity (Wildman–Crippen MR) is 73.9 cm³/mol. The molecule has 0 spiro atoms. The Morgan fingerprint density at radius 3 is 2.47 bits per heavy atom. The minimum absolute atomic E-state index is 0.589. The lowest BCUT2D eigenvalue weighted by atomic mass is 10.2. The average Bonchev–Trinajstić information content (AvgIpc) is 2.82. The number of rotatable bonds is 6. The molecule has 19 heavy (non-hydrogen) atoms. The summed E-state index contributed by atoms with van der Waals surface area (Å²) in [4.78, 5) is 8.57. The van der Waals surface area contributed by atoms with E-state index in [1.807, 2.05) is 18.5 Å². The van der Waals surface area contributed by atoms with E-state index >= 15 is 0 Å². The highest BCUT2D eigenvalue weighted by atomic mass is 15.3. The van der Waals surface area contributed by atoms with Gasteiger partial charge >= 0.3 is 0 Å². The van der Waals surface area contributed by atoms with Crippen molar-refractivity contribution >= 4 is 11.6 Å². The Labute approximate surface area is 112 Å². The van der Waals surface area contributed by atoms with Crippen LogP contribution in [0.4, 0.5) is 11.6 Å². The molecular weight excluding hydrogens is 242 g/mol. The normalized spacial score (nSPS) is 10.5. The Balaban J connectivity index is 2.15. The molecule has 2 aromatic heterocycles. The van der Waals surface area contributed by atoms with E-state index in [1.54, 1.807) is 12.7 Å². The summed E-state index contributed by atoms with van der Waals surface area (Å²) in [6, 6.07) is 0. The summed E-state index contributed by atoms with van der Waals surface area (Å²) in [5.74, 6) is 2.60. The van der Waals surface area contributed by atoms with Gasteiger partial charge in [-0.3, -0.25) is 0 Å². The molecule has 2 heterocycles. The number of nitrogens with one attached hydrogen (secondary N) is 2. The second-order valence-electron chi connectivity index (χ2n) is 4.14. The molecule has 2 aromatic rings. The van der Waals surface area contributed by atoms with Gasteiger partial charge in [-0.15, -0.1) is 10.2 Å². The summed E-state index contributed by atoms with van der Waals surface area (Å²) < 4.78 is 1.88. The van der Waals surface area contributed by atoms with Gasteiger partial charge in [-0.25, -0.2) is 9.97 Å². The van der Waals surface area contributed by atoms with Gasteiger partial charge in [0.15, 0.2) is 5.82 Å². The molecule has 0 aliphatic heterocycles. The van der Waals surface area contributed by atoms with Crippen LogP contribution in [0.15, 0.2) is 12.7 Å². The Bertz CT molecular complexity index is 535. The van der Waals surface area contributed by atoms with Crippen LogP contribution in [-0.4, -0.2) is 31.3 Å². The highest BCUT2D eigenvalue weighted by molar-refractivity contribution is 5.57. The number of aromatic nitrogens is 5. The quantitative estimate of drug-likeness (QED) is 0.813. The second kappa shape index (κ2) is 6.12. The van der Waals surface area contributed by atoms with Crippen molar-refractivity contribution in [2.45, 2.75) is 26.8 Å². The lowest BCUT2D eigenvalue weighted by molar-refractivity contribution is 0.808. The third-order valence-corrected chi connectivity index (χ3v) is 2.86. The number of nitrogens with zero attached hydrogens (tertiary/aromatic N) is 5. The van der Waals surface area contributed by atoms with E-state index < -0.39 is 0 Å². The monoisotopic (exact) mass is 261 g/mol. The Hall–Kier alpha value is -2.18. The second-order valence-corrected chi connectivity index (χ2v) is 4.14. The summed E-state index contributed by atoms with van der Waals surface area (Å²) in [5.41, 5.74) is 1.09. The van der Waals surface area contributed by atoms with Crippen LogP contribution >= 0.6 is 0 Å². The maximum atomic E-state index is 4.30. The minimum atomic E-state index is 0.589. The van der Waals surface area contributed by atoms with Crippen molar-refractivity contribution in [2.75, 3.05) is 17.2 Å². The zero-order valence-electron chi connectivity index (χ0n) is 11.5. The van der Waals surface area contributed by atoms with Crippen LogP contribution in [0.5, 0.6) is 0 Å². The van der Waals surface area contributed by atoms with Crippen molar-refractivity contribution in [2.24, 2.45) is 7.05 Å². The molecule has 0 amide bonds. The zero-order chi connectivity index (χ0) is 13.7. The highest BCUT2D eigenvalue weighted by Crippen LogP contribution is 2.20. The molecule has 7 nitrogen and oxygen atoms in total. The molecular formula is C12H19N7. The van der Waals surface area contributed by atoms with E-state index in [0.29, 0.717) is 6.54 Å². The predicted octanol–water partition coefficient (Wildman–Crippen LogP) is 1.21. The van der Waals surface area contributed by atoms with Gasteiger partial charge in [-0.1, -0.05) is 6.92 Å². The maximum absolute atomic E-state index is 4.30. The molecule has 0 radical (unpaired) electrons. The Morgan fingerprint density at radius 2 is 1.89 bits per heavy atom. The van der Waals surface area contributed by atoms with Crippen LogP contribution in [0.2, 0.25) is 0 Å². The van der Waals surface area contributed by atoms with E-state index in [-0.39, 0.29) is 0 Å². The number of hydrogen-bond acceptors (Lipinski definition) is 6. The summed E-state index contributed by atoms with van der Waals surface area (Å²) >= 11 is 0. The first kappa shape index (κ1) is 13.3. The molecule has 102 valence electrons. The van der Waals surface area contributed by atoms with Crippen LogP contribution in [0, 0.1) is 0 Å². The molecule has 2 rings (SSSR count). The standard InChI is InChI=1S/C12H19N7/c1-4-9-11(13-5-2)15-7-16-12(9)14-6-10-18-17-8-19(10)3/h7-8H,4-6H2,1-3H3,(H2,13,14,15,16). The van der Waals surface area contributed by atoms with Crippen molar-refractivity contribution in [1.29, 1.82) is 0 Å². The van der Waals surface area contributed by atoms with Crippen molar-refractivity contribution < 1.29 is 0 Å². The molecule has 0 bridgehead atoms. The molecule has 0 saturated carbocycles. The van der Waals surface area contributed by atoms with Gasteiger partial charge in [-0.2, -0.15) is 0 Å². The number of hydrogen-bond donors (Lipinski definition) is 2. The third kappa shape index (κ3) is 2.98. The largest absolute Gasteiger partial charge is 0.370 e. The minimum Gasteiger partial charge on any atom is -0.370 e. The fraction of sp³-hybridized carbons (Fsp3) is 0.500. The van der Waals surface area contributed by atoms with E-state index in [0.717, 1.165) is 36.0 Å². The SMILES string of the molecule is CCNc1ncnc(NCc2nncn2C)c1CC. The summed E-state index contributed by atoms with van der Waals surface area (Å²) in [7, 11) is 1.92. The van der Waals surface area contributed by atoms with E-state index in [9.17, 15) is 0 Å². The third-order valence-electron chi connectivity index (χ3n) is 2.86. The molecule has 0 aliphatic rings. The molecule has 0 fully saturated rings. The van der Waals surface area contributed by atoms with Crippen LogP contribution in [-0.2, 0) is 20.0 Å². The topological polar surface area (TPSA) is 80.6 Å². The molecule has 0 unspecified atom stereocenters. The first-order valence-corrected chi connectivity index (χ1v) is 6.40. The number of anilines is 2. The van der Waals surface area contributed by atoms with Crippen LogP contribution in [0.1, 0.15) is 25.2 Å². The zero-order valence-corrected chi connectivity index (χ0v) is 11.5. The van der Waals surface area contributed by atoms with E-state index in [4.69, 9.17) is 0 Å². The van der Waals surface area contributed by atoms with Crippen LogP contribution < -0.4 is 10.6 Å². The van der Waals surface area contributed by atoms with Gasteiger partial charge in [0.2, 0.25) is 0 Å². The lowest BCUT2D eigenvalue weighted by Crippen LogP contribution is -2.11. The number of aryl methyl sites for hydroxylation is 1. The first-order valence-electron chi connectivity index (χ1n) is 6.40. The molecule has 0 saturated heterocycles. The Kier molecular flexibility index (Phi) is 4.27. The molecule has 0 aliphatic carbocycles. The van der Waals surface area contributed by atoms with Crippen molar-refractivity contribution in [3.63, 3.8) is 0 Å². The smallest absolute Gasteiger partial charge is 0.151 e. The van der Waals surface area contributed by atoms with Gasteiger partial charge < -0.3 is 15.2 Å². The fourth-order valence-corrected chi connectivity index (χ4v) is 1.85. The van der Waals surface area contributed by atoms with Crippen molar-refractivity contribution in [3.8, 4) is 0 Å². The van der Waals surface area contributed by atoms with E-state index in [2.05, 4.69) is 37.7 Å². The van der Waals surface area contributed by atoms with Crippen molar-refractivity contribution in [3.05, 3.63) is 24.0 Å². The fourth-order valence-electron chi connectivity index (χ4n) is 1.85. The molecule has 2 N–H and O–H groups in total. The van der Waals surface area contributed by atoms with Gasteiger partial charge in [0.25, 0.3) is 0 Å². The van der Waals surface area contributed by atoms with Crippen molar-refractivity contribution in [1.82, 2.24) is 24.7 Å². The maximum Gasteiger partial charge on any atom is 0.151 e. The van der Waals surface area contributed by atoms with Gasteiger partial charge in [0, 0.05) is 19.2 Å². The Morgan fingerprint density at radius 1 is 1.16 bits per heavy atom. The first-order chi connectivity index (χ1) is 9.26. The van der Waals surface area contributed by atoms with Gasteiger partial charge in [0.05, 0.1) is 6.54 Å². The average molecular weight is 261 g/mol.